The summed E-state index contributed by atoms with van der Waals surface area (Å²) in [4.78, 5) is 29.3. The quantitative estimate of drug-likeness (QED) is 0.256. The Balaban J connectivity index is 1.73. The van der Waals surface area contributed by atoms with Crippen LogP contribution in [0.15, 0.2) is 71.6 Å². The van der Waals surface area contributed by atoms with Crippen molar-refractivity contribution in [3.05, 3.63) is 93.5 Å². The van der Waals surface area contributed by atoms with Gasteiger partial charge in [0.2, 0.25) is 11.8 Å². The third-order valence-corrected chi connectivity index (χ3v) is 10.1. The number of halogens is 2. The number of nitrogens with one attached hydrogen (secondary N) is 1. The van der Waals surface area contributed by atoms with E-state index in [0.29, 0.717) is 27.7 Å². The zero-order chi connectivity index (χ0) is 30.4. The van der Waals surface area contributed by atoms with Gasteiger partial charge in [-0.3, -0.25) is 13.9 Å². The predicted molar refractivity (Wildman–Crippen MR) is 168 cm³/mol. The SMILES string of the molecule is CC[C@H](C(=O)NC1CCCC1)N(Cc1ccc(Cl)c(Cl)c1)C(=O)CN(c1cccc(C)c1)S(=O)(=O)c1ccc(C)cc1. The number of rotatable bonds is 11. The third kappa shape index (κ3) is 7.65. The molecule has 10 heteroatoms. The van der Waals surface area contributed by atoms with Crippen molar-refractivity contribution in [2.45, 2.75) is 76.4 Å². The smallest absolute Gasteiger partial charge is 0.264 e. The van der Waals surface area contributed by atoms with E-state index in [1.807, 2.05) is 26.8 Å². The minimum absolute atomic E-state index is 0.0541. The second-order valence-corrected chi connectivity index (χ2v) is 13.5. The van der Waals surface area contributed by atoms with Crippen LogP contribution in [0.3, 0.4) is 0 Å². The lowest BCUT2D eigenvalue weighted by atomic mass is 10.1. The molecule has 1 saturated carbocycles. The van der Waals surface area contributed by atoms with Crippen molar-refractivity contribution in [1.82, 2.24) is 10.2 Å². The molecule has 1 aliphatic rings. The Morgan fingerprint density at radius 3 is 2.24 bits per heavy atom. The summed E-state index contributed by atoms with van der Waals surface area (Å²) in [5, 5.41) is 3.81. The zero-order valence-corrected chi connectivity index (χ0v) is 26.5. The summed E-state index contributed by atoms with van der Waals surface area (Å²) in [5.41, 5.74) is 2.80. The van der Waals surface area contributed by atoms with Crippen molar-refractivity contribution in [2.24, 2.45) is 0 Å². The number of carbonyl (C=O) groups is 2. The Kier molecular flexibility index (Phi) is 10.6. The minimum Gasteiger partial charge on any atom is -0.352 e. The van der Waals surface area contributed by atoms with Crippen LogP contribution in [-0.4, -0.2) is 43.8 Å². The lowest BCUT2D eigenvalue weighted by Crippen LogP contribution is -2.53. The Hall–Kier alpha value is -3.07. The normalized spacial score (nSPS) is 14.4. The molecular formula is C32H37Cl2N3O4S. The van der Waals surface area contributed by atoms with Crippen LogP contribution >= 0.6 is 23.2 Å². The van der Waals surface area contributed by atoms with Crippen LogP contribution in [0.1, 0.15) is 55.7 Å². The number of anilines is 1. The first-order valence-electron chi connectivity index (χ1n) is 14.2. The van der Waals surface area contributed by atoms with Crippen molar-refractivity contribution in [3.63, 3.8) is 0 Å². The van der Waals surface area contributed by atoms with Crippen LogP contribution in [0.4, 0.5) is 5.69 Å². The molecule has 0 aliphatic heterocycles. The fourth-order valence-corrected chi connectivity index (χ4v) is 7.00. The van der Waals surface area contributed by atoms with Crippen molar-refractivity contribution in [2.75, 3.05) is 10.8 Å². The molecule has 0 aromatic heterocycles. The van der Waals surface area contributed by atoms with E-state index in [-0.39, 0.29) is 23.4 Å². The Morgan fingerprint density at radius 1 is 0.929 bits per heavy atom. The predicted octanol–water partition coefficient (Wildman–Crippen LogP) is 6.67. The number of hydrogen-bond donors (Lipinski definition) is 1. The molecule has 0 bridgehead atoms. The van der Waals surface area contributed by atoms with Gasteiger partial charge in [-0.2, -0.15) is 0 Å². The van der Waals surface area contributed by atoms with Crippen LogP contribution < -0.4 is 9.62 Å². The molecule has 224 valence electrons. The van der Waals surface area contributed by atoms with Gasteiger partial charge in [-0.1, -0.05) is 78.9 Å². The van der Waals surface area contributed by atoms with Crippen LogP contribution in [-0.2, 0) is 26.2 Å². The fourth-order valence-electron chi connectivity index (χ4n) is 5.27. The second kappa shape index (κ2) is 13.9. The van der Waals surface area contributed by atoms with E-state index in [2.05, 4.69) is 5.32 Å². The molecule has 4 rings (SSSR count). The molecule has 0 radical (unpaired) electrons. The first-order chi connectivity index (χ1) is 20.0. The van der Waals surface area contributed by atoms with Crippen molar-refractivity contribution in [3.8, 4) is 0 Å². The number of nitrogens with zero attached hydrogens (tertiary/aromatic N) is 2. The van der Waals surface area contributed by atoms with Gasteiger partial charge in [-0.25, -0.2) is 8.42 Å². The van der Waals surface area contributed by atoms with Crippen molar-refractivity contribution in [1.29, 1.82) is 0 Å². The average Bonchev–Trinajstić information content (AvgIpc) is 3.46. The van der Waals surface area contributed by atoms with Gasteiger partial charge < -0.3 is 10.2 Å². The first kappa shape index (κ1) is 31.9. The van der Waals surface area contributed by atoms with E-state index in [1.54, 1.807) is 48.5 Å². The first-order valence-corrected chi connectivity index (χ1v) is 16.4. The van der Waals surface area contributed by atoms with Crippen molar-refractivity contribution < 1.29 is 18.0 Å². The highest BCUT2D eigenvalue weighted by molar-refractivity contribution is 7.92. The summed E-state index contributed by atoms with van der Waals surface area (Å²) in [6, 6.07) is 17.8. The molecule has 1 N–H and O–H groups in total. The molecule has 0 unspecified atom stereocenters. The summed E-state index contributed by atoms with van der Waals surface area (Å²) in [6.07, 6.45) is 4.25. The van der Waals surface area contributed by atoms with Gasteiger partial charge in [-0.15, -0.1) is 0 Å². The maximum absolute atomic E-state index is 14.2. The minimum atomic E-state index is -4.13. The lowest BCUT2D eigenvalue weighted by molar-refractivity contribution is -0.140. The Morgan fingerprint density at radius 2 is 1.62 bits per heavy atom. The monoisotopic (exact) mass is 629 g/mol. The summed E-state index contributed by atoms with van der Waals surface area (Å²) >= 11 is 12.4. The molecule has 0 saturated heterocycles. The van der Waals surface area contributed by atoms with E-state index >= 15 is 0 Å². The summed E-state index contributed by atoms with van der Waals surface area (Å²) in [6.45, 7) is 5.14. The number of carbonyl (C=O) groups excluding carboxylic acids is 2. The van der Waals surface area contributed by atoms with E-state index in [9.17, 15) is 18.0 Å². The molecule has 7 nitrogen and oxygen atoms in total. The van der Waals surface area contributed by atoms with Gasteiger partial charge in [0, 0.05) is 12.6 Å². The van der Waals surface area contributed by atoms with Gasteiger partial charge in [-0.05, 0) is 80.6 Å². The van der Waals surface area contributed by atoms with E-state index in [4.69, 9.17) is 23.2 Å². The highest BCUT2D eigenvalue weighted by Gasteiger charge is 2.34. The molecule has 1 fully saturated rings. The van der Waals surface area contributed by atoms with Crippen LogP contribution in [0, 0.1) is 13.8 Å². The molecule has 3 aromatic rings. The average molecular weight is 631 g/mol. The highest BCUT2D eigenvalue weighted by atomic mass is 35.5. The van der Waals surface area contributed by atoms with Crippen LogP contribution in [0.25, 0.3) is 0 Å². The molecule has 1 atom stereocenters. The number of hydrogen-bond acceptors (Lipinski definition) is 4. The molecule has 1 aliphatic carbocycles. The maximum Gasteiger partial charge on any atom is 0.264 e. The van der Waals surface area contributed by atoms with Gasteiger partial charge in [0.1, 0.15) is 12.6 Å². The van der Waals surface area contributed by atoms with E-state index in [0.717, 1.165) is 41.1 Å². The highest BCUT2D eigenvalue weighted by Crippen LogP contribution is 2.28. The standard InChI is InChI=1S/C32H37Cl2N3O4S/c1-4-30(32(39)35-25-9-5-6-10-25)36(20-24-14-17-28(33)29(34)19-24)31(38)21-37(26-11-7-8-23(3)18-26)42(40,41)27-15-12-22(2)13-16-27/h7-8,11-19,25,30H,4-6,9-10,20-21H2,1-3H3,(H,35,39)/t30-/m1/s1. The number of sulfonamides is 1. The zero-order valence-electron chi connectivity index (χ0n) is 24.1. The molecule has 2 amide bonds. The summed E-state index contributed by atoms with van der Waals surface area (Å²) in [7, 11) is -4.13. The molecule has 0 heterocycles. The largest absolute Gasteiger partial charge is 0.352 e. The van der Waals surface area contributed by atoms with Crippen LogP contribution in [0.5, 0.6) is 0 Å². The number of benzene rings is 3. The van der Waals surface area contributed by atoms with E-state index < -0.39 is 28.5 Å². The van der Waals surface area contributed by atoms with E-state index in [1.165, 1.54) is 17.0 Å². The molecule has 3 aromatic carbocycles. The summed E-state index contributed by atoms with van der Waals surface area (Å²) in [5.74, 6) is -0.756. The van der Waals surface area contributed by atoms with Gasteiger partial charge in [0.15, 0.2) is 0 Å². The van der Waals surface area contributed by atoms with Gasteiger partial charge in [0.25, 0.3) is 10.0 Å². The van der Waals surface area contributed by atoms with Gasteiger partial charge in [0.05, 0.1) is 20.6 Å². The van der Waals surface area contributed by atoms with Crippen LogP contribution in [0.2, 0.25) is 10.0 Å². The Bertz CT molecular complexity index is 1520. The number of aryl methyl sites for hydroxylation is 2. The second-order valence-electron chi connectivity index (χ2n) is 10.8. The topological polar surface area (TPSA) is 86.8 Å². The number of amides is 2. The Labute approximate surface area is 258 Å². The molecule has 0 spiro atoms. The van der Waals surface area contributed by atoms with Crippen molar-refractivity contribution >= 4 is 50.7 Å². The summed E-state index contributed by atoms with van der Waals surface area (Å²) < 4.78 is 29.1. The molecule has 42 heavy (non-hydrogen) atoms. The molecular weight excluding hydrogens is 593 g/mol. The third-order valence-electron chi connectivity index (χ3n) is 7.60. The maximum atomic E-state index is 14.2. The van der Waals surface area contributed by atoms with Gasteiger partial charge >= 0.3 is 0 Å². The lowest BCUT2D eigenvalue weighted by Gasteiger charge is -2.34. The fraction of sp³-hybridized carbons (Fsp3) is 0.375.